The Hall–Kier alpha value is -1.59. The summed E-state index contributed by atoms with van der Waals surface area (Å²) in [6.45, 7) is 4.12. The molecule has 4 nitrogen and oxygen atoms in total. The van der Waals surface area contributed by atoms with Crippen molar-refractivity contribution in [3.63, 3.8) is 0 Å². The molecule has 1 aromatic heterocycles. The zero-order valence-electron chi connectivity index (χ0n) is 12.1. The van der Waals surface area contributed by atoms with Gasteiger partial charge >= 0.3 is 0 Å². The molecular weight excluding hydrogens is 282 g/mol. The van der Waals surface area contributed by atoms with Gasteiger partial charge in [0, 0.05) is 17.5 Å². The first-order chi connectivity index (χ1) is 10.3. The van der Waals surface area contributed by atoms with E-state index in [0.717, 1.165) is 30.2 Å². The van der Waals surface area contributed by atoms with Crippen LogP contribution in [0.5, 0.6) is 5.75 Å². The van der Waals surface area contributed by atoms with Crippen molar-refractivity contribution in [3.05, 3.63) is 29.6 Å². The summed E-state index contributed by atoms with van der Waals surface area (Å²) in [7, 11) is 0. The molecule has 1 fully saturated rings. The van der Waals surface area contributed by atoms with Crippen molar-refractivity contribution >= 4 is 16.5 Å². The lowest BCUT2D eigenvalue weighted by Crippen LogP contribution is -2.33. The number of likely N-dealkylation sites (tertiary alicyclic amines) is 1. The lowest BCUT2D eigenvalue weighted by atomic mass is 10.1. The predicted molar refractivity (Wildman–Crippen MR) is 87.7 cm³/mol. The van der Waals surface area contributed by atoms with Crippen LogP contribution in [0.3, 0.4) is 0 Å². The molecule has 0 amide bonds. The number of hydrogen-bond donors (Lipinski definition) is 1. The first kappa shape index (κ1) is 14.4. The van der Waals surface area contributed by atoms with E-state index < -0.39 is 0 Å². The van der Waals surface area contributed by atoms with Gasteiger partial charge in [0.2, 0.25) is 0 Å². The third-order valence-corrected chi connectivity index (χ3v) is 4.47. The highest BCUT2D eigenvalue weighted by Gasteiger charge is 2.12. The van der Waals surface area contributed by atoms with Crippen LogP contribution in [-0.4, -0.2) is 36.1 Å². The van der Waals surface area contributed by atoms with Crippen molar-refractivity contribution in [1.82, 2.24) is 9.88 Å². The Morgan fingerprint density at radius 1 is 1.19 bits per heavy atom. The zero-order chi connectivity index (χ0) is 14.5. The van der Waals surface area contributed by atoms with Crippen molar-refractivity contribution in [3.8, 4) is 17.0 Å². The quantitative estimate of drug-likeness (QED) is 0.921. The lowest BCUT2D eigenvalue weighted by Gasteiger charge is -2.26. The van der Waals surface area contributed by atoms with Crippen LogP contribution in [0.4, 0.5) is 5.13 Å². The Morgan fingerprint density at radius 3 is 2.76 bits per heavy atom. The molecule has 0 bridgehead atoms. The number of nitrogen functional groups attached to an aromatic ring is 1. The summed E-state index contributed by atoms with van der Waals surface area (Å²) < 4.78 is 5.99. The molecule has 1 aromatic carbocycles. The van der Waals surface area contributed by atoms with Crippen molar-refractivity contribution in [2.24, 2.45) is 0 Å². The van der Waals surface area contributed by atoms with Gasteiger partial charge in [-0.2, -0.15) is 0 Å². The monoisotopic (exact) mass is 303 g/mol. The minimum Gasteiger partial charge on any atom is -0.492 e. The molecule has 21 heavy (non-hydrogen) atoms. The van der Waals surface area contributed by atoms with Gasteiger partial charge in [0.05, 0.1) is 5.69 Å². The number of nitrogens with two attached hydrogens (primary N) is 1. The summed E-state index contributed by atoms with van der Waals surface area (Å²) in [5.74, 6) is 0.889. The largest absolute Gasteiger partial charge is 0.492 e. The number of hydrogen-bond acceptors (Lipinski definition) is 5. The molecule has 112 valence electrons. The van der Waals surface area contributed by atoms with Gasteiger partial charge in [-0.05, 0) is 38.1 Å². The van der Waals surface area contributed by atoms with Gasteiger partial charge in [-0.1, -0.05) is 18.6 Å². The molecule has 1 aliphatic heterocycles. The van der Waals surface area contributed by atoms with Crippen LogP contribution in [-0.2, 0) is 0 Å². The van der Waals surface area contributed by atoms with Crippen LogP contribution in [0.1, 0.15) is 19.3 Å². The van der Waals surface area contributed by atoms with Gasteiger partial charge < -0.3 is 10.5 Å². The summed E-state index contributed by atoms with van der Waals surface area (Å²) in [4.78, 5) is 6.82. The maximum absolute atomic E-state index is 5.99. The smallest absolute Gasteiger partial charge is 0.180 e. The maximum atomic E-state index is 5.99. The van der Waals surface area contributed by atoms with Crippen LogP contribution < -0.4 is 10.5 Å². The third-order valence-electron chi connectivity index (χ3n) is 3.80. The SMILES string of the molecule is Nc1nc(-c2ccccc2OCCN2CCCCC2)cs1. The maximum Gasteiger partial charge on any atom is 0.180 e. The molecule has 0 saturated carbocycles. The van der Waals surface area contributed by atoms with Crippen LogP contribution in [0, 0.1) is 0 Å². The fraction of sp³-hybridized carbons (Fsp3) is 0.438. The zero-order valence-corrected chi connectivity index (χ0v) is 12.9. The van der Waals surface area contributed by atoms with E-state index in [1.807, 2.05) is 29.6 Å². The summed E-state index contributed by atoms with van der Waals surface area (Å²) in [5, 5.41) is 2.57. The van der Waals surface area contributed by atoms with Crippen molar-refractivity contribution in [1.29, 1.82) is 0 Å². The second kappa shape index (κ2) is 6.91. The number of benzene rings is 1. The van der Waals surface area contributed by atoms with Gasteiger partial charge in [0.25, 0.3) is 0 Å². The first-order valence-electron chi connectivity index (χ1n) is 7.48. The molecular formula is C16H21N3OS. The fourth-order valence-corrected chi connectivity index (χ4v) is 3.25. The molecule has 2 aromatic rings. The van der Waals surface area contributed by atoms with Crippen LogP contribution in [0.2, 0.25) is 0 Å². The number of ether oxygens (including phenoxy) is 1. The Labute approximate surface area is 129 Å². The van der Waals surface area contributed by atoms with E-state index in [1.54, 1.807) is 0 Å². The average Bonchev–Trinajstić information content (AvgIpc) is 2.95. The van der Waals surface area contributed by atoms with Gasteiger partial charge in [-0.25, -0.2) is 4.98 Å². The minimum atomic E-state index is 0.591. The second-order valence-corrected chi connectivity index (χ2v) is 6.21. The van der Waals surface area contributed by atoms with Crippen molar-refractivity contribution < 1.29 is 4.74 Å². The number of para-hydroxylation sites is 1. The summed E-state index contributed by atoms with van der Waals surface area (Å²) in [5.41, 5.74) is 7.64. The Kier molecular flexibility index (Phi) is 4.72. The highest BCUT2D eigenvalue weighted by molar-refractivity contribution is 7.13. The lowest BCUT2D eigenvalue weighted by molar-refractivity contribution is 0.183. The number of aromatic nitrogens is 1. The normalized spacial score (nSPS) is 16.0. The standard InChI is InChI=1S/C16H21N3OS/c17-16-18-14(12-21-16)13-6-2-3-7-15(13)20-11-10-19-8-4-1-5-9-19/h2-3,6-7,12H,1,4-5,8-11H2,(H2,17,18). The van der Waals surface area contributed by atoms with Crippen molar-refractivity contribution in [2.75, 3.05) is 32.0 Å². The molecule has 1 aliphatic rings. The number of anilines is 1. The second-order valence-electron chi connectivity index (χ2n) is 5.32. The topological polar surface area (TPSA) is 51.4 Å². The Morgan fingerprint density at radius 2 is 2.00 bits per heavy atom. The van der Waals surface area contributed by atoms with E-state index in [-0.39, 0.29) is 0 Å². The third kappa shape index (κ3) is 3.74. The number of nitrogens with zero attached hydrogens (tertiary/aromatic N) is 2. The van der Waals surface area contributed by atoms with E-state index in [4.69, 9.17) is 10.5 Å². The Balaban J connectivity index is 1.62. The minimum absolute atomic E-state index is 0.591. The fourth-order valence-electron chi connectivity index (χ4n) is 2.68. The molecule has 1 saturated heterocycles. The molecule has 2 heterocycles. The predicted octanol–water partition coefficient (Wildman–Crippen LogP) is 3.26. The average molecular weight is 303 g/mol. The number of rotatable bonds is 5. The van der Waals surface area contributed by atoms with Gasteiger partial charge in [-0.3, -0.25) is 4.90 Å². The molecule has 2 N–H and O–H groups in total. The molecule has 0 spiro atoms. The van der Waals surface area contributed by atoms with E-state index in [9.17, 15) is 0 Å². The highest BCUT2D eigenvalue weighted by Crippen LogP contribution is 2.31. The van der Waals surface area contributed by atoms with Crippen LogP contribution in [0.25, 0.3) is 11.3 Å². The van der Waals surface area contributed by atoms with Gasteiger partial charge in [-0.15, -0.1) is 11.3 Å². The van der Waals surface area contributed by atoms with E-state index in [1.165, 1.54) is 43.7 Å². The molecule has 5 heteroatoms. The van der Waals surface area contributed by atoms with Gasteiger partial charge in [0.15, 0.2) is 5.13 Å². The molecule has 0 atom stereocenters. The molecule has 0 unspecified atom stereocenters. The molecule has 0 aliphatic carbocycles. The molecule has 0 radical (unpaired) electrons. The summed E-state index contributed by atoms with van der Waals surface area (Å²) in [6.07, 6.45) is 3.99. The first-order valence-corrected chi connectivity index (χ1v) is 8.36. The Bertz CT molecular complexity index is 578. The van der Waals surface area contributed by atoms with Crippen LogP contribution in [0.15, 0.2) is 29.6 Å². The van der Waals surface area contributed by atoms with Crippen LogP contribution >= 0.6 is 11.3 Å². The van der Waals surface area contributed by atoms with Gasteiger partial charge in [0.1, 0.15) is 12.4 Å². The van der Waals surface area contributed by atoms with E-state index in [2.05, 4.69) is 9.88 Å². The van der Waals surface area contributed by atoms with Crippen molar-refractivity contribution in [2.45, 2.75) is 19.3 Å². The van der Waals surface area contributed by atoms with E-state index in [0.29, 0.717) is 5.13 Å². The van der Waals surface area contributed by atoms with E-state index >= 15 is 0 Å². The number of piperidine rings is 1. The highest BCUT2D eigenvalue weighted by atomic mass is 32.1. The summed E-state index contributed by atoms with van der Waals surface area (Å²) >= 11 is 1.46. The molecule has 3 rings (SSSR count). The number of thiazole rings is 1. The summed E-state index contributed by atoms with van der Waals surface area (Å²) in [6, 6.07) is 8.03.